The van der Waals surface area contributed by atoms with Crippen molar-refractivity contribution in [3.63, 3.8) is 0 Å². The summed E-state index contributed by atoms with van der Waals surface area (Å²) < 4.78 is 27.2. The second-order valence-corrected chi connectivity index (χ2v) is 8.69. The maximum absolute atomic E-state index is 12.9. The first-order chi connectivity index (χ1) is 13.5. The van der Waals surface area contributed by atoms with Gasteiger partial charge in [-0.2, -0.15) is 4.31 Å². The number of anilines is 1. The molecule has 1 aromatic heterocycles. The lowest BCUT2D eigenvalue weighted by molar-refractivity contribution is -0.384. The van der Waals surface area contributed by atoms with Gasteiger partial charge >= 0.3 is 0 Å². The Morgan fingerprint density at radius 3 is 2.50 bits per heavy atom. The highest BCUT2D eigenvalue weighted by Gasteiger charge is 2.27. The van der Waals surface area contributed by atoms with Crippen molar-refractivity contribution in [2.45, 2.75) is 37.0 Å². The minimum atomic E-state index is -3.73. The number of hydrogen-bond donors (Lipinski definition) is 1. The number of aromatic nitrogens is 1. The number of nitro benzene ring substituents is 1. The monoisotopic (exact) mass is 404 g/mol. The number of benzene rings is 1. The van der Waals surface area contributed by atoms with E-state index in [4.69, 9.17) is 0 Å². The standard InChI is InChI=1S/C19H24N4O4S/c24-23(25)19-15-17(28(26,27)22-13-5-1-2-6-14-22)8-9-18(19)21-12-10-16-7-3-4-11-20-16/h3-4,7-9,11,15,21H,1-2,5-6,10,12-14H2. The van der Waals surface area contributed by atoms with Crippen LogP contribution in [0.4, 0.5) is 11.4 Å². The van der Waals surface area contributed by atoms with Crippen LogP contribution in [-0.4, -0.2) is 42.3 Å². The lowest BCUT2D eigenvalue weighted by atomic mass is 10.2. The second-order valence-electron chi connectivity index (χ2n) is 6.75. The van der Waals surface area contributed by atoms with Crippen molar-refractivity contribution in [1.29, 1.82) is 0 Å². The van der Waals surface area contributed by atoms with E-state index in [1.165, 1.54) is 16.4 Å². The summed E-state index contributed by atoms with van der Waals surface area (Å²) in [7, 11) is -3.73. The molecule has 0 saturated carbocycles. The molecule has 2 aromatic rings. The molecule has 0 amide bonds. The molecule has 1 saturated heterocycles. The van der Waals surface area contributed by atoms with Crippen molar-refractivity contribution >= 4 is 21.4 Å². The third-order valence-corrected chi connectivity index (χ3v) is 6.69. The van der Waals surface area contributed by atoms with Crippen LogP contribution in [0.5, 0.6) is 0 Å². The zero-order valence-corrected chi connectivity index (χ0v) is 16.4. The summed E-state index contributed by atoms with van der Waals surface area (Å²) in [4.78, 5) is 15.1. The second kappa shape index (κ2) is 9.11. The van der Waals surface area contributed by atoms with Crippen molar-refractivity contribution < 1.29 is 13.3 Å². The van der Waals surface area contributed by atoms with Crippen molar-refractivity contribution in [1.82, 2.24) is 9.29 Å². The van der Waals surface area contributed by atoms with E-state index in [2.05, 4.69) is 10.3 Å². The summed E-state index contributed by atoms with van der Waals surface area (Å²) in [6.45, 7) is 1.37. The fourth-order valence-electron chi connectivity index (χ4n) is 3.27. The number of nitrogens with one attached hydrogen (secondary N) is 1. The van der Waals surface area contributed by atoms with E-state index in [1.54, 1.807) is 6.20 Å². The van der Waals surface area contributed by atoms with Gasteiger partial charge in [-0.1, -0.05) is 18.9 Å². The minimum Gasteiger partial charge on any atom is -0.379 e. The fraction of sp³-hybridized carbons (Fsp3) is 0.421. The quantitative estimate of drug-likeness (QED) is 0.561. The maximum atomic E-state index is 12.9. The molecule has 1 aromatic carbocycles. The number of nitro groups is 1. The Balaban J connectivity index is 1.77. The third-order valence-electron chi connectivity index (χ3n) is 4.79. The van der Waals surface area contributed by atoms with Crippen LogP contribution in [0.25, 0.3) is 0 Å². The molecule has 3 rings (SSSR count). The summed E-state index contributed by atoms with van der Waals surface area (Å²) in [6, 6.07) is 9.66. The van der Waals surface area contributed by atoms with E-state index in [9.17, 15) is 18.5 Å². The molecule has 1 N–H and O–H groups in total. The van der Waals surface area contributed by atoms with Gasteiger partial charge in [0.05, 0.1) is 9.82 Å². The smallest absolute Gasteiger partial charge is 0.293 e. The van der Waals surface area contributed by atoms with Gasteiger partial charge in [0.25, 0.3) is 5.69 Å². The van der Waals surface area contributed by atoms with Crippen molar-refractivity contribution in [3.8, 4) is 0 Å². The number of nitrogens with zero attached hydrogens (tertiary/aromatic N) is 3. The van der Waals surface area contributed by atoms with Crippen LogP contribution in [0.15, 0.2) is 47.5 Å². The predicted octanol–water partition coefficient (Wildman–Crippen LogP) is 3.21. The number of hydrogen-bond acceptors (Lipinski definition) is 6. The summed E-state index contributed by atoms with van der Waals surface area (Å²) in [5.41, 5.74) is 0.936. The lowest BCUT2D eigenvalue weighted by Gasteiger charge is -2.20. The molecule has 8 nitrogen and oxygen atoms in total. The Bertz CT molecular complexity index is 911. The van der Waals surface area contributed by atoms with Gasteiger partial charge in [-0.3, -0.25) is 15.1 Å². The predicted molar refractivity (Wildman–Crippen MR) is 107 cm³/mol. The average Bonchev–Trinajstić information content (AvgIpc) is 2.99. The summed E-state index contributed by atoms with van der Waals surface area (Å²) in [5.74, 6) is 0. The van der Waals surface area contributed by atoms with Gasteiger partial charge in [0.2, 0.25) is 10.0 Å². The molecule has 0 spiro atoms. The van der Waals surface area contributed by atoms with E-state index in [0.29, 0.717) is 31.7 Å². The molecular weight excluding hydrogens is 380 g/mol. The van der Waals surface area contributed by atoms with Crippen molar-refractivity contribution in [2.24, 2.45) is 0 Å². The molecule has 2 heterocycles. The van der Waals surface area contributed by atoms with Crippen LogP contribution >= 0.6 is 0 Å². The zero-order valence-electron chi connectivity index (χ0n) is 15.6. The lowest BCUT2D eigenvalue weighted by Crippen LogP contribution is -2.32. The van der Waals surface area contributed by atoms with Gasteiger partial charge in [0.15, 0.2) is 0 Å². The first kappa shape index (κ1) is 20.2. The van der Waals surface area contributed by atoms with Crippen LogP contribution in [0.2, 0.25) is 0 Å². The fourth-order valence-corrected chi connectivity index (χ4v) is 4.81. The van der Waals surface area contributed by atoms with Gasteiger partial charge in [-0.15, -0.1) is 0 Å². The van der Waals surface area contributed by atoms with E-state index >= 15 is 0 Å². The highest BCUT2D eigenvalue weighted by molar-refractivity contribution is 7.89. The maximum Gasteiger partial charge on any atom is 0.293 e. The molecule has 0 radical (unpaired) electrons. The van der Waals surface area contributed by atoms with Crippen molar-refractivity contribution in [3.05, 3.63) is 58.4 Å². The zero-order chi connectivity index (χ0) is 20.0. The molecule has 0 unspecified atom stereocenters. The van der Waals surface area contributed by atoms with Crippen LogP contribution < -0.4 is 5.32 Å². The normalized spacial score (nSPS) is 15.7. The van der Waals surface area contributed by atoms with Gasteiger partial charge < -0.3 is 5.32 Å². The first-order valence-corrected chi connectivity index (χ1v) is 10.8. The molecule has 1 fully saturated rings. The molecule has 0 bridgehead atoms. The number of pyridine rings is 1. The van der Waals surface area contributed by atoms with E-state index in [1.807, 2.05) is 18.2 Å². The molecule has 1 aliphatic rings. The third kappa shape index (κ3) is 4.85. The Morgan fingerprint density at radius 2 is 1.86 bits per heavy atom. The van der Waals surface area contributed by atoms with Gasteiger partial charge in [-0.25, -0.2) is 8.42 Å². The van der Waals surface area contributed by atoms with Crippen LogP contribution in [0, 0.1) is 10.1 Å². The highest BCUT2D eigenvalue weighted by atomic mass is 32.2. The molecule has 1 aliphatic heterocycles. The van der Waals surface area contributed by atoms with Crippen LogP contribution in [-0.2, 0) is 16.4 Å². The average molecular weight is 404 g/mol. The van der Waals surface area contributed by atoms with E-state index in [0.717, 1.165) is 37.4 Å². The Hall–Kier alpha value is -2.52. The summed E-state index contributed by atoms with van der Waals surface area (Å²) >= 11 is 0. The molecule has 28 heavy (non-hydrogen) atoms. The molecule has 9 heteroatoms. The minimum absolute atomic E-state index is 0.0311. The van der Waals surface area contributed by atoms with E-state index in [-0.39, 0.29) is 10.6 Å². The molecule has 0 aliphatic carbocycles. The summed E-state index contributed by atoms with van der Waals surface area (Å²) in [5, 5.41) is 14.5. The number of rotatable bonds is 7. The number of sulfonamides is 1. The molecule has 0 atom stereocenters. The Kier molecular flexibility index (Phi) is 6.58. The largest absolute Gasteiger partial charge is 0.379 e. The van der Waals surface area contributed by atoms with E-state index < -0.39 is 14.9 Å². The van der Waals surface area contributed by atoms with Crippen LogP contribution in [0.3, 0.4) is 0 Å². The Labute approximate surface area is 164 Å². The first-order valence-electron chi connectivity index (χ1n) is 9.41. The highest BCUT2D eigenvalue weighted by Crippen LogP contribution is 2.29. The summed E-state index contributed by atoms with van der Waals surface area (Å²) in [6.07, 6.45) is 5.94. The van der Waals surface area contributed by atoms with Gasteiger partial charge in [0, 0.05) is 44.0 Å². The van der Waals surface area contributed by atoms with Crippen molar-refractivity contribution in [2.75, 3.05) is 25.0 Å². The Morgan fingerprint density at radius 1 is 1.11 bits per heavy atom. The van der Waals surface area contributed by atoms with Crippen LogP contribution in [0.1, 0.15) is 31.4 Å². The van der Waals surface area contributed by atoms with Gasteiger partial charge in [-0.05, 0) is 37.1 Å². The molecule has 150 valence electrons. The molecular formula is C19H24N4O4S. The van der Waals surface area contributed by atoms with Gasteiger partial charge in [0.1, 0.15) is 5.69 Å². The SMILES string of the molecule is O=[N+]([O-])c1cc(S(=O)(=O)N2CCCCCC2)ccc1NCCc1ccccn1. The topological polar surface area (TPSA) is 105 Å².